The van der Waals surface area contributed by atoms with Crippen LogP contribution in [0.4, 0.5) is 4.79 Å². The Balaban J connectivity index is 3.25. The van der Waals surface area contributed by atoms with Crippen LogP contribution in [0.3, 0.4) is 0 Å². The van der Waals surface area contributed by atoms with E-state index in [0.717, 1.165) is 32.1 Å². The van der Waals surface area contributed by atoms with Gasteiger partial charge in [-0.3, -0.25) is 0 Å². The highest BCUT2D eigenvalue weighted by Gasteiger charge is 2.03. The van der Waals surface area contributed by atoms with Gasteiger partial charge in [-0.15, -0.1) is 0 Å². The molecule has 0 rings (SSSR count). The Hall–Kier alpha value is -1.51. The van der Waals surface area contributed by atoms with Gasteiger partial charge in [-0.25, -0.2) is 4.79 Å². The van der Waals surface area contributed by atoms with Crippen LogP contribution in [0, 0.1) is 0 Å². The molecule has 0 amide bonds. The molecular weight excluding hydrogens is 444 g/mol. The maximum atomic E-state index is 11.6. The van der Waals surface area contributed by atoms with Crippen LogP contribution in [0.5, 0.6) is 0 Å². The average Bonchev–Trinajstić information content (AvgIpc) is 2.88. The SMILES string of the molecule is CCCC/C=C\CCCCCCCCOC(=O)OCCCCCCCC/C=C\C/C=C\CCCCC. The Kier molecular flexibility index (Phi) is 30.2. The molecule has 0 bridgehead atoms. The van der Waals surface area contributed by atoms with Crippen LogP contribution >= 0.6 is 0 Å². The van der Waals surface area contributed by atoms with Crippen molar-refractivity contribution in [2.24, 2.45) is 0 Å². The molecule has 3 heteroatoms. The third-order valence-corrected chi connectivity index (χ3v) is 6.44. The van der Waals surface area contributed by atoms with Gasteiger partial charge in [0.1, 0.15) is 0 Å². The fourth-order valence-corrected chi connectivity index (χ4v) is 4.07. The molecule has 0 N–H and O–H groups in total. The lowest BCUT2D eigenvalue weighted by atomic mass is 10.1. The van der Waals surface area contributed by atoms with Crippen molar-refractivity contribution in [3.63, 3.8) is 0 Å². The summed E-state index contributed by atoms with van der Waals surface area (Å²) in [5.41, 5.74) is 0. The topological polar surface area (TPSA) is 35.5 Å². The third kappa shape index (κ3) is 30.5. The fourth-order valence-electron chi connectivity index (χ4n) is 4.07. The first-order valence-corrected chi connectivity index (χ1v) is 15.6. The number of rotatable bonds is 27. The van der Waals surface area contributed by atoms with Crippen molar-refractivity contribution in [3.8, 4) is 0 Å². The van der Waals surface area contributed by atoms with Gasteiger partial charge < -0.3 is 9.47 Å². The summed E-state index contributed by atoms with van der Waals surface area (Å²) < 4.78 is 10.4. The zero-order valence-electron chi connectivity index (χ0n) is 24.2. The van der Waals surface area contributed by atoms with Gasteiger partial charge in [-0.1, -0.05) is 127 Å². The Morgan fingerprint density at radius 2 is 0.806 bits per heavy atom. The fraction of sp³-hybridized carbons (Fsp3) is 0.788. The number of allylic oxidation sites excluding steroid dienone is 6. The van der Waals surface area contributed by atoms with Gasteiger partial charge in [0.2, 0.25) is 0 Å². The van der Waals surface area contributed by atoms with Crippen molar-refractivity contribution >= 4 is 6.16 Å². The Bertz CT molecular complexity index is 521. The van der Waals surface area contributed by atoms with E-state index in [9.17, 15) is 4.79 Å². The molecule has 0 aromatic heterocycles. The Morgan fingerprint density at radius 3 is 1.28 bits per heavy atom. The highest BCUT2D eigenvalue weighted by Crippen LogP contribution is 2.10. The van der Waals surface area contributed by atoms with Crippen molar-refractivity contribution in [1.29, 1.82) is 0 Å². The quantitative estimate of drug-likeness (QED) is 0.0633. The molecule has 0 aromatic carbocycles. The number of hydrogen-bond donors (Lipinski definition) is 0. The van der Waals surface area contributed by atoms with Crippen molar-refractivity contribution < 1.29 is 14.3 Å². The smallest absolute Gasteiger partial charge is 0.434 e. The Labute approximate surface area is 225 Å². The summed E-state index contributed by atoms with van der Waals surface area (Å²) in [6.07, 6.45) is 40.2. The largest absolute Gasteiger partial charge is 0.508 e. The summed E-state index contributed by atoms with van der Waals surface area (Å²) >= 11 is 0. The summed E-state index contributed by atoms with van der Waals surface area (Å²) in [5, 5.41) is 0. The van der Waals surface area contributed by atoms with Crippen LogP contribution in [0.1, 0.15) is 155 Å². The maximum absolute atomic E-state index is 11.6. The molecule has 0 radical (unpaired) electrons. The minimum atomic E-state index is -0.493. The van der Waals surface area contributed by atoms with Crippen molar-refractivity contribution in [3.05, 3.63) is 36.5 Å². The average molecular weight is 505 g/mol. The monoisotopic (exact) mass is 504 g/mol. The van der Waals surface area contributed by atoms with E-state index in [0.29, 0.717) is 13.2 Å². The summed E-state index contributed by atoms with van der Waals surface area (Å²) in [7, 11) is 0. The molecule has 0 atom stereocenters. The highest BCUT2D eigenvalue weighted by molar-refractivity contribution is 5.59. The minimum absolute atomic E-state index is 0.487. The number of ether oxygens (including phenoxy) is 2. The lowest BCUT2D eigenvalue weighted by molar-refractivity contribution is 0.0529. The number of unbranched alkanes of at least 4 members (excludes halogenated alkanes) is 17. The first-order valence-electron chi connectivity index (χ1n) is 15.6. The molecule has 36 heavy (non-hydrogen) atoms. The lowest BCUT2D eigenvalue weighted by Crippen LogP contribution is -2.09. The molecule has 0 aliphatic rings. The second kappa shape index (κ2) is 31.5. The molecular formula is C33H60O3. The van der Waals surface area contributed by atoms with Gasteiger partial charge in [0, 0.05) is 0 Å². The highest BCUT2D eigenvalue weighted by atomic mass is 16.7. The summed E-state index contributed by atoms with van der Waals surface area (Å²) in [4.78, 5) is 11.6. The van der Waals surface area contributed by atoms with E-state index in [4.69, 9.17) is 9.47 Å². The van der Waals surface area contributed by atoms with Gasteiger partial charge in [0.25, 0.3) is 0 Å². The van der Waals surface area contributed by atoms with E-state index < -0.39 is 6.16 Å². The third-order valence-electron chi connectivity index (χ3n) is 6.44. The molecule has 0 unspecified atom stereocenters. The number of carbonyl (C=O) groups excluding carboxylic acids is 1. The van der Waals surface area contributed by atoms with E-state index in [1.807, 2.05) is 0 Å². The van der Waals surface area contributed by atoms with Crippen LogP contribution in [0.2, 0.25) is 0 Å². The molecule has 0 spiro atoms. The predicted octanol–water partition coefficient (Wildman–Crippen LogP) is 11.4. The zero-order valence-corrected chi connectivity index (χ0v) is 24.2. The molecule has 3 nitrogen and oxygen atoms in total. The van der Waals surface area contributed by atoms with Crippen LogP contribution in [0.25, 0.3) is 0 Å². The van der Waals surface area contributed by atoms with Crippen LogP contribution < -0.4 is 0 Å². The summed E-state index contributed by atoms with van der Waals surface area (Å²) in [6.45, 7) is 5.46. The molecule has 0 saturated heterocycles. The van der Waals surface area contributed by atoms with Crippen LogP contribution in [-0.4, -0.2) is 19.4 Å². The second-order valence-electron chi connectivity index (χ2n) is 10.1. The number of hydrogen-bond acceptors (Lipinski definition) is 3. The molecule has 0 aromatic rings. The lowest BCUT2D eigenvalue weighted by Gasteiger charge is -2.06. The number of carbonyl (C=O) groups is 1. The van der Waals surface area contributed by atoms with E-state index in [2.05, 4.69) is 50.3 Å². The van der Waals surface area contributed by atoms with E-state index in [1.165, 1.54) is 109 Å². The molecule has 0 heterocycles. The van der Waals surface area contributed by atoms with Gasteiger partial charge >= 0.3 is 6.16 Å². The standard InChI is InChI=1S/C33H60O3/c1-3-5-7-9-11-13-15-17-18-19-20-22-24-26-28-30-32-36-33(34)35-31-29-27-25-23-21-16-14-12-10-8-6-4-2/h10-13,17-18H,3-9,14-16,19-32H2,1-2H3/b12-10-,13-11-,18-17-. The normalized spacial score (nSPS) is 11.8. The van der Waals surface area contributed by atoms with E-state index in [1.54, 1.807) is 0 Å². The molecule has 210 valence electrons. The minimum Gasteiger partial charge on any atom is -0.434 e. The summed E-state index contributed by atoms with van der Waals surface area (Å²) in [6, 6.07) is 0. The molecule has 0 aliphatic carbocycles. The van der Waals surface area contributed by atoms with Crippen LogP contribution in [-0.2, 0) is 9.47 Å². The van der Waals surface area contributed by atoms with Gasteiger partial charge in [-0.2, -0.15) is 0 Å². The summed E-state index contributed by atoms with van der Waals surface area (Å²) in [5.74, 6) is 0. The molecule has 0 aliphatic heterocycles. The van der Waals surface area contributed by atoms with E-state index >= 15 is 0 Å². The van der Waals surface area contributed by atoms with Crippen LogP contribution in [0.15, 0.2) is 36.5 Å². The second-order valence-corrected chi connectivity index (χ2v) is 10.1. The van der Waals surface area contributed by atoms with E-state index in [-0.39, 0.29) is 0 Å². The molecule has 0 fully saturated rings. The first kappa shape index (κ1) is 34.5. The van der Waals surface area contributed by atoms with Gasteiger partial charge in [-0.05, 0) is 64.2 Å². The predicted molar refractivity (Wildman–Crippen MR) is 158 cm³/mol. The first-order chi connectivity index (χ1) is 17.8. The molecule has 0 saturated carbocycles. The van der Waals surface area contributed by atoms with Gasteiger partial charge in [0.15, 0.2) is 0 Å². The van der Waals surface area contributed by atoms with Crippen molar-refractivity contribution in [2.45, 2.75) is 155 Å². The Morgan fingerprint density at radius 1 is 0.444 bits per heavy atom. The van der Waals surface area contributed by atoms with Crippen molar-refractivity contribution in [2.75, 3.05) is 13.2 Å². The van der Waals surface area contributed by atoms with Gasteiger partial charge in [0.05, 0.1) is 13.2 Å². The zero-order chi connectivity index (χ0) is 26.2. The van der Waals surface area contributed by atoms with Crippen molar-refractivity contribution in [1.82, 2.24) is 0 Å². The maximum Gasteiger partial charge on any atom is 0.508 e.